The number of nitrogens with zero attached hydrogens (tertiary/aromatic N) is 3. The smallest absolute Gasteiger partial charge is 0.343 e. The zero-order chi connectivity index (χ0) is 69.4. The van der Waals surface area contributed by atoms with Crippen molar-refractivity contribution in [2.24, 2.45) is 23.5 Å². The van der Waals surface area contributed by atoms with Crippen LogP contribution in [0.2, 0.25) is 0 Å². The van der Waals surface area contributed by atoms with Crippen molar-refractivity contribution in [1.82, 2.24) is 46.7 Å². The lowest BCUT2D eigenvalue weighted by atomic mass is 9.77. The molecule has 9 rings (SSSR count). The number of esters is 1. The van der Waals surface area contributed by atoms with Crippen molar-refractivity contribution in [1.29, 1.82) is 0 Å². The molecule has 0 saturated heterocycles. The molecule has 3 heterocycles. The van der Waals surface area contributed by atoms with Gasteiger partial charge in [0.1, 0.15) is 31.8 Å². The van der Waals surface area contributed by atoms with Crippen LogP contribution in [0.5, 0.6) is 0 Å². The van der Waals surface area contributed by atoms with E-state index >= 15 is 9.18 Å². The Morgan fingerprint density at radius 3 is 2.22 bits per heavy atom. The van der Waals surface area contributed by atoms with Crippen molar-refractivity contribution in [2.75, 3.05) is 72.9 Å². The summed E-state index contributed by atoms with van der Waals surface area (Å²) in [6, 6.07) is 8.01. The molecule has 27 heteroatoms. The van der Waals surface area contributed by atoms with E-state index in [4.69, 9.17) is 29.7 Å². The number of nitrogens with one attached hydrogen (secondary N) is 6. The van der Waals surface area contributed by atoms with Crippen LogP contribution in [0.15, 0.2) is 65.8 Å². The predicted octanol–water partition coefficient (Wildman–Crippen LogP) is 2.49. The number of amides is 9. The topological polar surface area (TPSA) is 362 Å². The molecule has 2 bridgehead atoms. The van der Waals surface area contributed by atoms with Crippen LogP contribution in [-0.2, 0) is 84.5 Å². The van der Waals surface area contributed by atoms with Crippen LogP contribution >= 0.6 is 0 Å². The molecule has 2 aromatic carbocycles. The van der Waals surface area contributed by atoms with E-state index in [0.717, 1.165) is 18.4 Å². The van der Waals surface area contributed by atoms with Gasteiger partial charge in [0, 0.05) is 73.3 Å². The third kappa shape index (κ3) is 16.6. The number of hydrogen-bond acceptors (Lipinski definition) is 18. The number of carbonyl (C=O) groups is 11. The predicted molar refractivity (Wildman–Crippen MR) is 345 cm³/mol. The summed E-state index contributed by atoms with van der Waals surface area (Å²) in [6.07, 6.45) is 7.94. The Labute approximate surface area is 555 Å². The van der Waals surface area contributed by atoms with Gasteiger partial charge in [-0.3, -0.25) is 52.8 Å². The molecule has 2 aliphatic heterocycles. The van der Waals surface area contributed by atoms with Crippen molar-refractivity contribution in [3.8, 4) is 0 Å². The second kappa shape index (κ2) is 30.6. The van der Waals surface area contributed by atoms with E-state index in [2.05, 4.69) is 31.9 Å². The van der Waals surface area contributed by atoms with E-state index in [0.29, 0.717) is 102 Å². The maximum atomic E-state index is 15.8. The molecule has 4 aliphatic carbocycles. The third-order valence-electron chi connectivity index (χ3n) is 19.1. The zero-order valence-corrected chi connectivity index (χ0v) is 55.4. The molecular formula is C69H87FN10O16. The second-order valence-electron chi connectivity index (χ2n) is 26.7. The first-order valence-corrected chi connectivity index (χ1v) is 32.7. The fourth-order valence-corrected chi connectivity index (χ4v) is 13.3. The summed E-state index contributed by atoms with van der Waals surface area (Å²) >= 11 is 0. The Kier molecular flexibility index (Phi) is 22.9. The Bertz CT molecular complexity index is 3660. The lowest BCUT2D eigenvalue weighted by molar-refractivity contribution is -0.163. The molecule has 5 atom stereocenters. The van der Waals surface area contributed by atoms with Gasteiger partial charge >= 0.3 is 5.97 Å². The standard InChI is InChI=1S/C69H87FN10O16/c1-8-69(92)47-27-42-18-19-43(61(87)46(47)34-93-66(69)91)26-45-59-51(21-20-44-38(2)48(70)28-49(58(44)59)78-60(42)45)79(7)65(90)62(40-12-10-9-11-13-40)94-37-76-53(82)31-75-64(89)50(29-71)77-54(83)32-73-52(81)30-74-55(84)35-95-68(5,6)36-96-67(3,4)24-25-72-63(88)41-16-14-39(15-17-41)33-80-56(85)22-23-57(80)86/h9-13,22-23,27-28,39,41,43,50-51,62,92H,8,14-21,24-26,29-37,71H2,1-7H3,(H,72,88)(H,73,81)(H,74,84)(H,75,89)(H,76,82)(H,77,83)/b42-27+/t39?,41?,43?,50?,51-,62?,69-/m0/s1. The van der Waals surface area contributed by atoms with E-state index in [9.17, 15) is 53.1 Å². The molecule has 6 aliphatic rings. The van der Waals surface area contributed by atoms with Crippen LogP contribution in [0.4, 0.5) is 4.39 Å². The Morgan fingerprint density at radius 1 is 0.844 bits per heavy atom. The average molecular weight is 1330 g/mol. The fourth-order valence-electron chi connectivity index (χ4n) is 13.3. The van der Waals surface area contributed by atoms with Gasteiger partial charge in [-0.15, -0.1) is 0 Å². The van der Waals surface area contributed by atoms with E-state index in [-0.39, 0.29) is 79.1 Å². The van der Waals surface area contributed by atoms with Gasteiger partial charge < -0.3 is 66.6 Å². The zero-order valence-electron chi connectivity index (χ0n) is 55.4. The lowest BCUT2D eigenvalue weighted by Gasteiger charge is -2.37. The van der Waals surface area contributed by atoms with E-state index in [1.54, 1.807) is 76.1 Å². The number of Topliss-reactive ketones (excluding diaryl/α,β-unsaturated/α-hetero) is 1. The molecule has 1 aromatic heterocycles. The second-order valence-corrected chi connectivity index (χ2v) is 26.7. The van der Waals surface area contributed by atoms with Crippen LogP contribution in [0.1, 0.15) is 138 Å². The maximum Gasteiger partial charge on any atom is 0.343 e. The number of benzene rings is 2. The molecule has 1 saturated carbocycles. The Hall–Kier alpha value is -8.63. The number of allylic oxidation sites excluding steroid dienone is 1. The summed E-state index contributed by atoms with van der Waals surface area (Å²) in [4.78, 5) is 152. The SMILES string of the molecule is CC[C@@]1(O)C(=O)OCC2=C1/C=C1\CCC(Cc3c1nc1cc(F)c(C)c4c1c3[C@@H](N(C)C(=O)C(OCNC(=O)CNC(=O)C(CN)NC(=O)CNC(=O)CNC(=O)COC(C)(C)COC(C)(C)CCNC(=O)C1CCC(CN3C(=O)C=CC3=O)CC1)c1ccccc1)CC4)C2=O. The number of ether oxygens (including phenoxy) is 4. The summed E-state index contributed by atoms with van der Waals surface area (Å²) in [6.45, 7) is 8.08. The number of aryl methyl sites for hydroxylation is 1. The monoisotopic (exact) mass is 1330 g/mol. The largest absolute Gasteiger partial charge is 0.458 e. The number of fused-ring (bicyclic) bond motifs is 6. The number of ketones is 1. The molecule has 3 unspecified atom stereocenters. The number of likely N-dealkylation sites (N-methyl/N-ethyl adjacent to an activating group) is 1. The van der Waals surface area contributed by atoms with E-state index < -0.39 is 121 Å². The van der Waals surface area contributed by atoms with Gasteiger partial charge in [0.15, 0.2) is 17.5 Å². The number of pyridine rings is 1. The maximum absolute atomic E-state index is 15.8. The van der Waals surface area contributed by atoms with Gasteiger partial charge in [-0.25, -0.2) is 14.2 Å². The number of imide groups is 1. The number of nitrogens with two attached hydrogens (primary N) is 1. The summed E-state index contributed by atoms with van der Waals surface area (Å²) in [5, 5.41) is 27.6. The number of hydrogen-bond donors (Lipinski definition) is 8. The highest BCUT2D eigenvalue weighted by atomic mass is 19.1. The Balaban J connectivity index is 0.708. The molecule has 9 N–H and O–H groups in total. The molecule has 96 heavy (non-hydrogen) atoms. The summed E-state index contributed by atoms with van der Waals surface area (Å²) in [5.74, 6) is -7.00. The van der Waals surface area contributed by atoms with Crippen LogP contribution in [0.25, 0.3) is 16.5 Å². The summed E-state index contributed by atoms with van der Waals surface area (Å²) in [5.41, 5.74) is 7.08. The Morgan fingerprint density at radius 2 is 1.52 bits per heavy atom. The first-order valence-electron chi connectivity index (χ1n) is 32.7. The van der Waals surface area contributed by atoms with Gasteiger partial charge in [-0.1, -0.05) is 37.3 Å². The highest BCUT2D eigenvalue weighted by Crippen LogP contribution is 2.49. The van der Waals surface area contributed by atoms with Crippen LogP contribution in [-0.4, -0.2) is 181 Å². The molecule has 516 valence electrons. The third-order valence-corrected chi connectivity index (χ3v) is 19.1. The molecule has 1 fully saturated rings. The molecule has 0 spiro atoms. The fraction of sp³-hybridized carbons (Fsp3) is 0.536. The summed E-state index contributed by atoms with van der Waals surface area (Å²) in [7, 11) is 1.64. The molecule has 26 nitrogen and oxygen atoms in total. The highest BCUT2D eigenvalue weighted by molar-refractivity contribution is 6.13. The molecule has 0 radical (unpaired) electrons. The quantitative estimate of drug-likeness (QED) is 0.0294. The van der Waals surface area contributed by atoms with Crippen molar-refractivity contribution in [2.45, 2.75) is 147 Å². The molecule has 3 aromatic rings. The minimum absolute atomic E-state index is 0.0484. The van der Waals surface area contributed by atoms with Crippen LogP contribution in [0, 0.1) is 30.5 Å². The number of halogens is 1. The minimum Gasteiger partial charge on any atom is -0.458 e. The number of aliphatic hydroxyl groups is 1. The van der Waals surface area contributed by atoms with Gasteiger partial charge in [0.2, 0.25) is 35.4 Å². The van der Waals surface area contributed by atoms with Crippen molar-refractivity contribution in [3.05, 3.63) is 105 Å². The van der Waals surface area contributed by atoms with Crippen LogP contribution in [0.3, 0.4) is 0 Å². The normalized spacial score (nSPS) is 21.9. The number of aromatic nitrogens is 1. The summed E-state index contributed by atoms with van der Waals surface area (Å²) < 4.78 is 39.3. The first-order chi connectivity index (χ1) is 45.6. The van der Waals surface area contributed by atoms with Crippen molar-refractivity contribution < 1.29 is 81.2 Å². The van der Waals surface area contributed by atoms with Crippen LogP contribution < -0.4 is 37.6 Å². The van der Waals surface area contributed by atoms with E-state index in [1.165, 1.54) is 23.1 Å². The highest BCUT2D eigenvalue weighted by Gasteiger charge is 2.48. The first kappa shape index (κ1) is 71.7. The minimum atomic E-state index is -2.07. The number of rotatable bonds is 28. The van der Waals surface area contributed by atoms with Gasteiger partial charge in [-0.05, 0) is 151 Å². The van der Waals surface area contributed by atoms with Crippen molar-refractivity contribution in [3.63, 3.8) is 0 Å². The van der Waals surface area contributed by atoms with E-state index in [1.807, 2.05) is 13.8 Å². The van der Waals surface area contributed by atoms with Gasteiger partial charge in [0.05, 0.1) is 54.7 Å². The number of carbonyl (C=O) groups excluding carboxylic acids is 11. The average Bonchev–Trinajstić information content (AvgIpc) is 1.23. The molecule has 9 amide bonds. The lowest BCUT2D eigenvalue weighted by Crippen LogP contribution is -2.54. The number of cyclic esters (lactones) is 1. The van der Waals surface area contributed by atoms with Crippen molar-refractivity contribution >= 4 is 81.4 Å². The van der Waals surface area contributed by atoms with Gasteiger partial charge in [-0.2, -0.15) is 0 Å². The van der Waals surface area contributed by atoms with Gasteiger partial charge in [0.25, 0.3) is 17.7 Å². The molecular weight excluding hydrogens is 1240 g/mol.